The summed E-state index contributed by atoms with van der Waals surface area (Å²) in [6.07, 6.45) is -0.773. The van der Waals surface area contributed by atoms with Gasteiger partial charge in [0.15, 0.2) is 12.6 Å². The van der Waals surface area contributed by atoms with E-state index >= 15 is 0 Å². The van der Waals surface area contributed by atoms with Crippen LogP contribution in [-0.2, 0) is 41.1 Å². The van der Waals surface area contributed by atoms with Crippen LogP contribution in [0.25, 0.3) is 0 Å². The molecule has 0 aliphatic heterocycles. The molecule has 4 aromatic rings. The maximum Gasteiger partial charge on any atom is 0.197 e. The van der Waals surface area contributed by atoms with Crippen LogP contribution in [0.15, 0.2) is 97.1 Å². The van der Waals surface area contributed by atoms with Crippen molar-refractivity contribution in [1.29, 1.82) is 0 Å². The number of hydrogen-bond acceptors (Lipinski definition) is 8. The van der Waals surface area contributed by atoms with Crippen molar-refractivity contribution < 1.29 is 38.6 Å². The number of hydrogen-bond donors (Lipinski definition) is 2. The van der Waals surface area contributed by atoms with Crippen LogP contribution in [0.1, 0.15) is 69.4 Å². The first-order valence-electron chi connectivity index (χ1n) is 16.9. The van der Waals surface area contributed by atoms with E-state index in [1.165, 1.54) is 5.56 Å². The minimum atomic E-state index is -0.416. The maximum absolute atomic E-state index is 9.60. The quantitative estimate of drug-likeness (QED) is 0.0719. The van der Waals surface area contributed by atoms with Crippen molar-refractivity contribution in [2.45, 2.75) is 71.6 Å². The summed E-state index contributed by atoms with van der Waals surface area (Å²) in [6.45, 7) is 15.5. The van der Waals surface area contributed by atoms with Gasteiger partial charge in [-0.05, 0) is 78.1 Å². The molecule has 0 bridgehead atoms. The van der Waals surface area contributed by atoms with Gasteiger partial charge >= 0.3 is 0 Å². The van der Waals surface area contributed by atoms with Crippen LogP contribution in [0, 0.1) is 0 Å². The Morgan fingerprint density at radius 1 is 0.469 bits per heavy atom. The van der Waals surface area contributed by atoms with Crippen molar-refractivity contribution >= 4 is 0 Å². The van der Waals surface area contributed by atoms with Gasteiger partial charge in [-0.3, -0.25) is 0 Å². The van der Waals surface area contributed by atoms with E-state index in [4.69, 9.17) is 28.4 Å². The molecule has 0 spiro atoms. The SMILES string of the molecule is CC(OCCOCCOCCOC(C)Oc1ccc(C(C)(C)c2ccc(O)cc2)cc1)OCc1ccc(C(C)(C)c2ccc(O)cc2)cc1. The predicted octanol–water partition coefficient (Wildman–Crippen LogP) is 8.10. The molecule has 0 saturated heterocycles. The second kappa shape index (κ2) is 18.2. The van der Waals surface area contributed by atoms with Gasteiger partial charge in [-0.25, -0.2) is 0 Å². The molecule has 0 aliphatic carbocycles. The number of rotatable bonds is 20. The van der Waals surface area contributed by atoms with Crippen LogP contribution >= 0.6 is 0 Å². The van der Waals surface area contributed by atoms with E-state index in [1.54, 1.807) is 24.3 Å². The van der Waals surface area contributed by atoms with E-state index in [9.17, 15) is 10.2 Å². The van der Waals surface area contributed by atoms with Crippen LogP contribution in [0.3, 0.4) is 0 Å². The lowest BCUT2D eigenvalue weighted by molar-refractivity contribution is -0.147. The van der Waals surface area contributed by atoms with Gasteiger partial charge in [0.05, 0.1) is 46.2 Å². The second-order valence-corrected chi connectivity index (χ2v) is 13.1. The van der Waals surface area contributed by atoms with Crippen molar-refractivity contribution in [3.63, 3.8) is 0 Å². The Kier molecular flexibility index (Phi) is 14.1. The van der Waals surface area contributed by atoms with Crippen molar-refractivity contribution in [2.75, 3.05) is 39.6 Å². The topological polar surface area (TPSA) is 95.8 Å². The lowest BCUT2D eigenvalue weighted by Gasteiger charge is -2.26. The second-order valence-electron chi connectivity index (χ2n) is 13.1. The fraction of sp³-hybridized carbons (Fsp3) is 0.415. The maximum atomic E-state index is 9.60. The molecule has 0 radical (unpaired) electrons. The molecule has 8 heteroatoms. The van der Waals surface area contributed by atoms with E-state index < -0.39 is 6.29 Å². The average Bonchev–Trinajstić information content (AvgIpc) is 3.09. The Balaban J connectivity index is 1.01. The fourth-order valence-corrected chi connectivity index (χ4v) is 5.41. The molecule has 8 nitrogen and oxygen atoms in total. The Morgan fingerprint density at radius 3 is 1.29 bits per heavy atom. The zero-order valence-corrected chi connectivity index (χ0v) is 29.7. The highest BCUT2D eigenvalue weighted by molar-refractivity contribution is 5.42. The summed E-state index contributed by atoms with van der Waals surface area (Å²) in [4.78, 5) is 0. The Hall–Kier alpha value is -3.92. The van der Waals surface area contributed by atoms with E-state index in [1.807, 2.05) is 50.2 Å². The lowest BCUT2D eigenvalue weighted by atomic mass is 9.78. The first kappa shape index (κ1) is 37.9. The van der Waals surface area contributed by atoms with Crippen molar-refractivity contribution in [2.24, 2.45) is 0 Å². The minimum absolute atomic E-state index is 0.180. The third-order valence-electron chi connectivity index (χ3n) is 8.75. The van der Waals surface area contributed by atoms with Crippen LogP contribution < -0.4 is 4.74 Å². The molecule has 0 aromatic heterocycles. The zero-order valence-electron chi connectivity index (χ0n) is 29.7. The van der Waals surface area contributed by atoms with E-state index in [0.717, 1.165) is 28.0 Å². The molecule has 0 saturated carbocycles. The summed E-state index contributed by atoms with van der Waals surface area (Å²) in [5, 5.41) is 19.2. The first-order chi connectivity index (χ1) is 23.4. The molecule has 0 aliphatic rings. The molecule has 49 heavy (non-hydrogen) atoms. The fourth-order valence-electron chi connectivity index (χ4n) is 5.41. The van der Waals surface area contributed by atoms with Crippen molar-refractivity contribution in [3.8, 4) is 17.2 Å². The van der Waals surface area contributed by atoms with E-state index in [-0.39, 0.29) is 28.6 Å². The van der Waals surface area contributed by atoms with Crippen molar-refractivity contribution in [1.82, 2.24) is 0 Å². The molecule has 2 atom stereocenters. The summed E-state index contributed by atoms with van der Waals surface area (Å²) >= 11 is 0. The molecule has 0 amide bonds. The molecule has 2 unspecified atom stereocenters. The Labute approximate surface area is 291 Å². The van der Waals surface area contributed by atoms with Crippen LogP contribution in [0.4, 0.5) is 0 Å². The standard InChI is InChI=1S/C41H52O8/c1-30(48-29-32-7-9-33(10-8-32)40(3,4)34-11-17-37(42)18-12-34)46-27-25-44-23-24-45-26-28-47-31(2)49-39-21-15-36(16-22-39)41(5,6)35-13-19-38(43)20-14-35/h7-22,30-31,42-43H,23-29H2,1-6H3. The molecule has 4 rings (SSSR count). The van der Waals surface area contributed by atoms with Gasteiger partial charge in [0.25, 0.3) is 0 Å². The normalized spacial score (nSPS) is 13.3. The molecule has 0 fully saturated rings. The summed E-state index contributed by atoms with van der Waals surface area (Å²) in [5.74, 6) is 1.26. The van der Waals surface area contributed by atoms with Gasteiger partial charge < -0.3 is 38.6 Å². The molecule has 0 heterocycles. The number of aromatic hydroxyl groups is 2. The van der Waals surface area contributed by atoms with Crippen LogP contribution in [0.2, 0.25) is 0 Å². The molecule has 264 valence electrons. The largest absolute Gasteiger partial charge is 0.508 e. The van der Waals surface area contributed by atoms with E-state index in [2.05, 4.69) is 64.1 Å². The number of phenols is 2. The van der Waals surface area contributed by atoms with Crippen molar-refractivity contribution in [3.05, 3.63) is 125 Å². The number of benzene rings is 4. The zero-order chi connectivity index (χ0) is 35.3. The Morgan fingerprint density at radius 2 is 0.837 bits per heavy atom. The first-order valence-corrected chi connectivity index (χ1v) is 16.9. The summed E-state index contributed by atoms with van der Waals surface area (Å²) < 4.78 is 34.5. The monoisotopic (exact) mass is 672 g/mol. The summed E-state index contributed by atoms with van der Waals surface area (Å²) in [6, 6.07) is 31.1. The summed E-state index contributed by atoms with van der Waals surface area (Å²) in [7, 11) is 0. The number of ether oxygens (including phenoxy) is 6. The van der Waals surface area contributed by atoms with Gasteiger partial charge in [0.1, 0.15) is 17.2 Å². The van der Waals surface area contributed by atoms with Crippen LogP contribution in [0.5, 0.6) is 17.2 Å². The lowest BCUT2D eigenvalue weighted by Crippen LogP contribution is -2.21. The smallest absolute Gasteiger partial charge is 0.197 e. The average molecular weight is 673 g/mol. The van der Waals surface area contributed by atoms with Gasteiger partial charge in [-0.2, -0.15) is 0 Å². The molecular weight excluding hydrogens is 620 g/mol. The molecule has 2 N–H and O–H groups in total. The van der Waals surface area contributed by atoms with Gasteiger partial charge in [-0.15, -0.1) is 0 Å². The third kappa shape index (κ3) is 11.6. The highest BCUT2D eigenvalue weighted by atomic mass is 16.7. The van der Waals surface area contributed by atoms with Gasteiger partial charge in [-0.1, -0.05) is 88.4 Å². The highest BCUT2D eigenvalue weighted by Gasteiger charge is 2.24. The van der Waals surface area contributed by atoms with E-state index in [0.29, 0.717) is 46.2 Å². The predicted molar refractivity (Wildman–Crippen MR) is 191 cm³/mol. The van der Waals surface area contributed by atoms with Gasteiger partial charge in [0, 0.05) is 10.8 Å². The number of phenolic OH excluding ortho intramolecular Hbond substituents is 2. The summed E-state index contributed by atoms with van der Waals surface area (Å²) in [5.41, 5.74) is 5.28. The van der Waals surface area contributed by atoms with Gasteiger partial charge in [0.2, 0.25) is 0 Å². The molecule has 4 aromatic carbocycles. The highest BCUT2D eigenvalue weighted by Crippen LogP contribution is 2.34. The third-order valence-corrected chi connectivity index (χ3v) is 8.75. The molecular formula is C41H52O8. The minimum Gasteiger partial charge on any atom is -0.508 e. The Bertz CT molecular complexity index is 1510. The van der Waals surface area contributed by atoms with Crippen LogP contribution in [-0.4, -0.2) is 62.4 Å².